The molecule has 0 spiro atoms. The molecule has 4 atom stereocenters. The van der Waals surface area contributed by atoms with Gasteiger partial charge in [0.05, 0.1) is 19.0 Å². The Morgan fingerprint density at radius 3 is 2.69 bits per heavy atom. The van der Waals surface area contributed by atoms with Crippen LogP contribution in [-0.2, 0) is 16.1 Å². The van der Waals surface area contributed by atoms with E-state index in [2.05, 4.69) is 20.3 Å². The van der Waals surface area contributed by atoms with E-state index >= 15 is 0 Å². The number of benzene rings is 1. The van der Waals surface area contributed by atoms with Crippen LogP contribution in [0.4, 0.5) is 19.0 Å². The van der Waals surface area contributed by atoms with E-state index in [4.69, 9.17) is 9.47 Å². The number of aliphatic hydroxyl groups is 2. The molecular formula is C25H31F3N6O5. The highest BCUT2D eigenvalue weighted by atomic mass is 19.4. The Hall–Kier alpha value is -3.49. The van der Waals surface area contributed by atoms with Crippen molar-refractivity contribution in [2.24, 2.45) is 0 Å². The van der Waals surface area contributed by atoms with Gasteiger partial charge in [0.25, 0.3) is 0 Å². The topological polar surface area (TPSA) is 144 Å². The van der Waals surface area contributed by atoms with Gasteiger partial charge in [-0.15, -0.1) is 0 Å². The number of imidazole rings is 1. The molecule has 212 valence electrons. The lowest BCUT2D eigenvalue weighted by molar-refractivity contribution is -0.174. The summed E-state index contributed by atoms with van der Waals surface area (Å²) in [7, 11) is 0. The van der Waals surface area contributed by atoms with Crippen LogP contribution in [0.3, 0.4) is 0 Å². The standard InChI is InChI=1S/C25H31F3N6O5/c1-2-3-5-10-18(31-23(37)25(26,27)28)30-21-20-22(33-24(32-21)38-13-15-8-6-4-7-9-15)34(14-29-20)19-11-16(36)17(12-35)39-19/h4,6-9,14,16-19,35-36H,2-3,5,10-13H2,1H3,(H,31,37)(H,30,32,33)/t16?,17-,18?,19-/m1/s1. The monoisotopic (exact) mass is 552 g/mol. The second-order valence-corrected chi connectivity index (χ2v) is 9.23. The summed E-state index contributed by atoms with van der Waals surface area (Å²) in [6.45, 7) is 1.70. The Labute approximate surface area is 222 Å². The number of unbranched alkanes of at least 4 members (excludes halogenated alkanes) is 2. The maximum Gasteiger partial charge on any atom is 0.471 e. The molecule has 1 aliphatic heterocycles. The average molecular weight is 553 g/mol. The summed E-state index contributed by atoms with van der Waals surface area (Å²) in [4.78, 5) is 24.9. The van der Waals surface area contributed by atoms with E-state index in [1.807, 2.05) is 42.6 Å². The van der Waals surface area contributed by atoms with Crippen LogP contribution in [0.15, 0.2) is 36.7 Å². The van der Waals surface area contributed by atoms with Crippen molar-refractivity contribution in [1.29, 1.82) is 0 Å². The average Bonchev–Trinajstić information content (AvgIpc) is 3.50. The lowest BCUT2D eigenvalue weighted by atomic mass is 10.1. The highest BCUT2D eigenvalue weighted by Gasteiger charge is 2.40. The fourth-order valence-electron chi connectivity index (χ4n) is 4.23. The first-order chi connectivity index (χ1) is 18.7. The molecule has 0 bridgehead atoms. The maximum absolute atomic E-state index is 13.0. The summed E-state index contributed by atoms with van der Waals surface area (Å²) in [5, 5.41) is 24.5. The molecule has 39 heavy (non-hydrogen) atoms. The third kappa shape index (κ3) is 7.13. The molecule has 11 nitrogen and oxygen atoms in total. The molecule has 14 heteroatoms. The van der Waals surface area contributed by atoms with E-state index in [1.165, 1.54) is 10.9 Å². The molecule has 0 aliphatic carbocycles. The highest BCUT2D eigenvalue weighted by molar-refractivity contribution is 5.85. The predicted octanol–water partition coefficient (Wildman–Crippen LogP) is 3.04. The first kappa shape index (κ1) is 28.5. The SMILES string of the molecule is CCCCCC(NC(=O)C(F)(F)F)Nc1nc(OCc2ccccc2)nc2c1ncn2[C@H]1CC(O)[C@@H](CO)O1. The van der Waals surface area contributed by atoms with Gasteiger partial charge in [-0.3, -0.25) is 9.36 Å². The molecule has 2 aromatic heterocycles. The van der Waals surface area contributed by atoms with Crippen LogP contribution in [0.1, 0.15) is 50.8 Å². The number of carbonyl (C=O) groups is 1. The van der Waals surface area contributed by atoms with Gasteiger partial charge in [0, 0.05) is 6.42 Å². The predicted molar refractivity (Wildman–Crippen MR) is 133 cm³/mol. The van der Waals surface area contributed by atoms with Crippen LogP contribution in [0.25, 0.3) is 11.2 Å². The van der Waals surface area contributed by atoms with Gasteiger partial charge in [0.15, 0.2) is 17.0 Å². The molecule has 2 unspecified atom stereocenters. The van der Waals surface area contributed by atoms with Crippen molar-refractivity contribution in [3.8, 4) is 6.01 Å². The van der Waals surface area contributed by atoms with Crippen LogP contribution >= 0.6 is 0 Å². The second-order valence-electron chi connectivity index (χ2n) is 9.23. The fraction of sp³-hybridized carbons (Fsp3) is 0.520. The Balaban J connectivity index is 1.67. The summed E-state index contributed by atoms with van der Waals surface area (Å²) < 4.78 is 52.2. The van der Waals surface area contributed by atoms with Crippen molar-refractivity contribution in [3.63, 3.8) is 0 Å². The highest BCUT2D eigenvalue weighted by Crippen LogP contribution is 2.33. The normalized spacial score (nSPS) is 20.2. The molecular weight excluding hydrogens is 521 g/mol. The number of anilines is 1. The number of hydrogen-bond acceptors (Lipinski definition) is 9. The minimum Gasteiger partial charge on any atom is -0.458 e. The third-order valence-corrected chi connectivity index (χ3v) is 6.28. The quantitative estimate of drug-likeness (QED) is 0.197. The number of nitrogens with zero attached hydrogens (tertiary/aromatic N) is 4. The summed E-state index contributed by atoms with van der Waals surface area (Å²) in [5.41, 5.74) is 1.28. The zero-order valence-electron chi connectivity index (χ0n) is 21.3. The summed E-state index contributed by atoms with van der Waals surface area (Å²) in [6.07, 6.45) is -4.65. The molecule has 4 rings (SSSR count). The summed E-state index contributed by atoms with van der Waals surface area (Å²) in [6, 6.07) is 9.16. The molecule has 1 saturated heterocycles. The Kier molecular flexibility index (Phi) is 9.20. The van der Waals surface area contributed by atoms with Gasteiger partial charge >= 0.3 is 18.1 Å². The number of carbonyl (C=O) groups excluding carboxylic acids is 1. The Bertz CT molecular complexity index is 1240. The zero-order valence-corrected chi connectivity index (χ0v) is 21.3. The van der Waals surface area contributed by atoms with Gasteiger partial charge in [-0.1, -0.05) is 50.1 Å². The number of rotatable bonds is 12. The molecule has 1 amide bonds. The molecule has 3 aromatic rings. The molecule has 1 fully saturated rings. The van der Waals surface area contributed by atoms with E-state index in [1.54, 1.807) is 0 Å². The first-order valence-electron chi connectivity index (χ1n) is 12.7. The summed E-state index contributed by atoms with van der Waals surface area (Å²) >= 11 is 0. The number of aromatic nitrogens is 4. The molecule has 0 saturated carbocycles. The van der Waals surface area contributed by atoms with E-state index in [-0.39, 0.29) is 49.0 Å². The number of halogens is 3. The van der Waals surface area contributed by atoms with Gasteiger partial charge < -0.3 is 30.3 Å². The lowest BCUT2D eigenvalue weighted by Crippen LogP contribution is -2.46. The largest absolute Gasteiger partial charge is 0.471 e. The van der Waals surface area contributed by atoms with E-state index in [0.29, 0.717) is 6.42 Å². The van der Waals surface area contributed by atoms with Crippen LogP contribution < -0.4 is 15.4 Å². The Morgan fingerprint density at radius 2 is 2.03 bits per heavy atom. The minimum atomic E-state index is -5.05. The number of aliphatic hydroxyl groups excluding tert-OH is 2. The molecule has 1 aromatic carbocycles. The molecule has 1 aliphatic rings. The van der Waals surface area contributed by atoms with Crippen LogP contribution in [0, 0.1) is 0 Å². The van der Waals surface area contributed by atoms with Crippen molar-refractivity contribution in [3.05, 3.63) is 42.2 Å². The van der Waals surface area contributed by atoms with E-state index < -0.39 is 36.7 Å². The van der Waals surface area contributed by atoms with Crippen molar-refractivity contribution >= 4 is 22.9 Å². The lowest BCUT2D eigenvalue weighted by Gasteiger charge is -2.22. The molecule has 3 heterocycles. The smallest absolute Gasteiger partial charge is 0.458 e. The maximum atomic E-state index is 13.0. The number of alkyl halides is 3. The van der Waals surface area contributed by atoms with Gasteiger partial charge in [0.2, 0.25) is 0 Å². The van der Waals surface area contributed by atoms with E-state index in [9.17, 15) is 28.2 Å². The molecule has 0 radical (unpaired) electrons. The van der Waals surface area contributed by atoms with Crippen LogP contribution in [0.2, 0.25) is 0 Å². The zero-order chi connectivity index (χ0) is 28.0. The van der Waals surface area contributed by atoms with Crippen molar-refractivity contribution < 1.29 is 37.7 Å². The van der Waals surface area contributed by atoms with Crippen LogP contribution in [0.5, 0.6) is 6.01 Å². The van der Waals surface area contributed by atoms with E-state index in [0.717, 1.165) is 18.4 Å². The molecule has 4 N–H and O–H groups in total. The fourth-order valence-corrected chi connectivity index (χ4v) is 4.23. The number of nitrogens with one attached hydrogen (secondary N) is 2. The number of hydrogen-bond donors (Lipinski definition) is 4. The first-order valence-corrected chi connectivity index (χ1v) is 12.7. The number of amides is 1. The number of fused-ring (bicyclic) bond motifs is 1. The van der Waals surface area contributed by atoms with Gasteiger partial charge in [-0.05, 0) is 18.4 Å². The van der Waals surface area contributed by atoms with Gasteiger partial charge in [-0.25, -0.2) is 4.98 Å². The van der Waals surface area contributed by atoms with Crippen molar-refractivity contribution in [2.75, 3.05) is 11.9 Å². The minimum absolute atomic E-state index is 0.0584. The van der Waals surface area contributed by atoms with Crippen molar-refractivity contribution in [2.45, 2.75) is 76.4 Å². The summed E-state index contributed by atoms with van der Waals surface area (Å²) in [5.74, 6) is -2.01. The number of ether oxygens (including phenoxy) is 2. The second kappa shape index (κ2) is 12.6. The van der Waals surface area contributed by atoms with Crippen LogP contribution in [-0.4, -0.2) is 66.8 Å². The Morgan fingerprint density at radius 1 is 1.26 bits per heavy atom. The van der Waals surface area contributed by atoms with Gasteiger partial charge in [0.1, 0.15) is 25.1 Å². The van der Waals surface area contributed by atoms with Crippen molar-refractivity contribution in [1.82, 2.24) is 24.8 Å². The third-order valence-electron chi connectivity index (χ3n) is 6.28. The van der Waals surface area contributed by atoms with Gasteiger partial charge in [-0.2, -0.15) is 23.1 Å².